The Hall–Kier alpha value is -1.56. The minimum atomic E-state index is -0.177. The Morgan fingerprint density at radius 1 is 1.53 bits per heavy atom. The van der Waals surface area contributed by atoms with Crippen molar-refractivity contribution >= 4 is 11.8 Å². The standard InChI is InChI=1S/C11H19N5O/c1-15-6-3-4-9(8-15)12-11(17)13-10-5-7-16(2)14-10/h5,7,9H,3-4,6,8H2,1-2H3,(H2,12,13,14,17)/t9-/m1/s1. The van der Waals surface area contributed by atoms with Gasteiger partial charge in [-0.2, -0.15) is 5.10 Å². The van der Waals surface area contributed by atoms with E-state index in [4.69, 9.17) is 0 Å². The topological polar surface area (TPSA) is 62.2 Å². The molecule has 0 aliphatic carbocycles. The van der Waals surface area contributed by atoms with E-state index in [9.17, 15) is 4.79 Å². The highest BCUT2D eigenvalue weighted by molar-refractivity contribution is 5.88. The molecule has 1 aliphatic heterocycles. The Morgan fingerprint density at radius 2 is 2.35 bits per heavy atom. The van der Waals surface area contributed by atoms with Crippen LogP contribution in [-0.4, -0.2) is 46.9 Å². The Balaban J connectivity index is 1.80. The van der Waals surface area contributed by atoms with E-state index in [1.807, 2.05) is 7.05 Å². The second-order valence-corrected chi connectivity index (χ2v) is 4.57. The van der Waals surface area contributed by atoms with E-state index < -0.39 is 0 Å². The molecule has 17 heavy (non-hydrogen) atoms. The number of carbonyl (C=O) groups is 1. The summed E-state index contributed by atoms with van der Waals surface area (Å²) in [6, 6.07) is 1.83. The number of anilines is 1. The lowest BCUT2D eigenvalue weighted by molar-refractivity contribution is 0.216. The minimum Gasteiger partial charge on any atom is -0.334 e. The molecule has 0 unspecified atom stereocenters. The highest BCUT2D eigenvalue weighted by atomic mass is 16.2. The average Bonchev–Trinajstić information content (AvgIpc) is 2.63. The lowest BCUT2D eigenvalue weighted by atomic mass is 10.1. The number of hydrogen-bond donors (Lipinski definition) is 2. The number of rotatable bonds is 2. The number of likely N-dealkylation sites (tertiary alicyclic amines) is 1. The predicted molar refractivity (Wildman–Crippen MR) is 65.9 cm³/mol. The molecule has 6 heteroatoms. The number of urea groups is 1. The fraction of sp³-hybridized carbons (Fsp3) is 0.636. The molecule has 0 bridgehead atoms. The molecule has 1 aliphatic rings. The molecule has 2 amide bonds. The first-order chi connectivity index (χ1) is 8.13. The third-order valence-electron chi connectivity index (χ3n) is 2.91. The van der Waals surface area contributed by atoms with E-state index in [-0.39, 0.29) is 12.1 Å². The molecule has 1 atom stereocenters. The third kappa shape index (κ3) is 3.45. The first kappa shape index (κ1) is 11.9. The third-order valence-corrected chi connectivity index (χ3v) is 2.91. The van der Waals surface area contributed by atoms with Crippen LogP contribution in [0.3, 0.4) is 0 Å². The van der Waals surface area contributed by atoms with Gasteiger partial charge in [0, 0.05) is 31.9 Å². The van der Waals surface area contributed by atoms with Crippen LogP contribution in [0.4, 0.5) is 10.6 Å². The van der Waals surface area contributed by atoms with Gasteiger partial charge in [0.2, 0.25) is 0 Å². The number of carbonyl (C=O) groups excluding carboxylic acids is 1. The van der Waals surface area contributed by atoms with E-state index in [1.54, 1.807) is 16.9 Å². The van der Waals surface area contributed by atoms with Crippen molar-refractivity contribution in [2.45, 2.75) is 18.9 Å². The lowest BCUT2D eigenvalue weighted by Crippen LogP contribution is -2.47. The Labute approximate surface area is 101 Å². The van der Waals surface area contributed by atoms with E-state index in [0.717, 1.165) is 25.9 Å². The minimum absolute atomic E-state index is 0.177. The number of aromatic nitrogens is 2. The van der Waals surface area contributed by atoms with Gasteiger partial charge in [0.1, 0.15) is 0 Å². The van der Waals surface area contributed by atoms with Crippen LogP contribution in [0.15, 0.2) is 12.3 Å². The van der Waals surface area contributed by atoms with Crippen molar-refractivity contribution in [1.29, 1.82) is 0 Å². The second-order valence-electron chi connectivity index (χ2n) is 4.57. The lowest BCUT2D eigenvalue weighted by Gasteiger charge is -2.30. The zero-order valence-corrected chi connectivity index (χ0v) is 10.3. The monoisotopic (exact) mass is 237 g/mol. The normalized spacial score (nSPS) is 21.2. The molecule has 0 saturated carbocycles. The van der Waals surface area contributed by atoms with Crippen LogP contribution in [0.5, 0.6) is 0 Å². The van der Waals surface area contributed by atoms with Gasteiger partial charge in [-0.15, -0.1) is 0 Å². The molecule has 0 radical (unpaired) electrons. The van der Waals surface area contributed by atoms with Gasteiger partial charge in [-0.1, -0.05) is 0 Å². The van der Waals surface area contributed by atoms with Crippen LogP contribution in [0, 0.1) is 0 Å². The fourth-order valence-electron chi connectivity index (χ4n) is 2.10. The molecule has 1 fully saturated rings. The summed E-state index contributed by atoms with van der Waals surface area (Å²) in [7, 11) is 3.89. The molecule has 0 aromatic carbocycles. The van der Waals surface area contributed by atoms with Gasteiger partial charge in [-0.25, -0.2) is 4.79 Å². The van der Waals surface area contributed by atoms with Crippen molar-refractivity contribution < 1.29 is 4.79 Å². The van der Waals surface area contributed by atoms with Gasteiger partial charge in [0.25, 0.3) is 0 Å². The maximum absolute atomic E-state index is 11.7. The second kappa shape index (κ2) is 5.18. The summed E-state index contributed by atoms with van der Waals surface area (Å²) in [6.07, 6.45) is 3.97. The Bertz CT molecular complexity index is 389. The number of piperidine rings is 1. The van der Waals surface area contributed by atoms with Crippen molar-refractivity contribution in [3.05, 3.63) is 12.3 Å². The molecular formula is C11H19N5O. The quantitative estimate of drug-likeness (QED) is 0.793. The molecule has 2 rings (SSSR count). The van der Waals surface area contributed by atoms with Crippen LogP contribution in [0.1, 0.15) is 12.8 Å². The molecule has 0 spiro atoms. The number of amides is 2. The van der Waals surface area contributed by atoms with Crippen molar-refractivity contribution in [1.82, 2.24) is 20.0 Å². The molecular weight excluding hydrogens is 218 g/mol. The fourth-order valence-corrected chi connectivity index (χ4v) is 2.10. The summed E-state index contributed by atoms with van der Waals surface area (Å²) in [6.45, 7) is 2.02. The van der Waals surface area contributed by atoms with Gasteiger partial charge in [0.05, 0.1) is 0 Å². The van der Waals surface area contributed by atoms with Crippen LogP contribution in [-0.2, 0) is 7.05 Å². The molecule has 1 aromatic rings. The van der Waals surface area contributed by atoms with Crippen molar-refractivity contribution in [3.63, 3.8) is 0 Å². The summed E-state index contributed by atoms with van der Waals surface area (Å²) >= 11 is 0. The largest absolute Gasteiger partial charge is 0.334 e. The van der Waals surface area contributed by atoms with Crippen molar-refractivity contribution in [2.24, 2.45) is 7.05 Å². The number of aryl methyl sites for hydroxylation is 1. The van der Waals surface area contributed by atoms with Crippen molar-refractivity contribution in [3.8, 4) is 0 Å². The zero-order chi connectivity index (χ0) is 12.3. The smallest absolute Gasteiger partial charge is 0.320 e. The molecule has 6 nitrogen and oxygen atoms in total. The Morgan fingerprint density at radius 3 is 3.00 bits per heavy atom. The summed E-state index contributed by atoms with van der Waals surface area (Å²) < 4.78 is 1.66. The SMILES string of the molecule is CN1CCC[C@@H](NC(=O)Nc2ccn(C)n2)C1. The zero-order valence-electron chi connectivity index (χ0n) is 10.3. The highest BCUT2D eigenvalue weighted by Gasteiger charge is 2.18. The molecule has 1 aromatic heterocycles. The van der Waals surface area contributed by atoms with Gasteiger partial charge in [0.15, 0.2) is 5.82 Å². The summed E-state index contributed by atoms with van der Waals surface area (Å²) in [4.78, 5) is 13.9. The van der Waals surface area contributed by atoms with Crippen LogP contribution in [0.2, 0.25) is 0 Å². The first-order valence-corrected chi connectivity index (χ1v) is 5.89. The van der Waals surface area contributed by atoms with Gasteiger partial charge >= 0.3 is 6.03 Å². The average molecular weight is 237 g/mol. The van der Waals surface area contributed by atoms with Crippen LogP contribution in [0.25, 0.3) is 0 Å². The summed E-state index contributed by atoms with van der Waals surface area (Å²) in [5.74, 6) is 0.578. The number of nitrogens with zero attached hydrogens (tertiary/aromatic N) is 3. The predicted octanol–water partition coefficient (Wildman–Crippen LogP) is 0.636. The van der Waals surface area contributed by atoms with E-state index in [0.29, 0.717) is 5.82 Å². The van der Waals surface area contributed by atoms with Gasteiger partial charge in [-0.05, 0) is 26.4 Å². The summed E-state index contributed by atoms with van der Waals surface area (Å²) in [5, 5.41) is 9.78. The molecule has 1 saturated heterocycles. The highest BCUT2D eigenvalue weighted by Crippen LogP contribution is 2.08. The molecule has 94 valence electrons. The maximum Gasteiger partial charge on any atom is 0.320 e. The molecule has 2 heterocycles. The molecule has 2 N–H and O–H groups in total. The van der Waals surface area contributed by atoms with E-state index in [1.165, 1.54) is 0 Å². The first-order valence-electron chi connectivity index (χ1n) is 5.89. The van der Waals surface area contributed by atoms with E-state index in [2.05, 4.69) is 27.7 Å². The van der Waals surface area contributed by atoms with Gasteiger partial charge < -0.3 is 10.2 Å². The van der Waals surface area contributed by atoms with Crippen molar-refractivity contribution in [2.75, 3.05) is 25.5 Å². The number of nitrogens with one attached hydrogen (secondary N) is 2. The number of hydrogen-bond acceptors (Lipinski definition) is 3. The van der Waals surface area contributed by atoms with E-state index >= 15 is 0 Å². The van der Waals surface area contributed by atoms with Gasteiger partial charge in [-0.3, -0.25) is 10.00 Å². The number of likely N-dealkylation sites (N-methyl/N-ethyl adjacent to an activating group) is 1. The Kier molecular flexibility index (Phi) is 3.63. The van der Waals surface area contributed by atoms with Crippen LogP contribution < -0.4 is 10.6 Å². The summed E-state index contributed by atoms with van der Waals surface area (Å²) in [5.41, 5.74) is 0. The van der Waals surface area contributed by atoms with Crippen LogP contribution >= 0.6 is 0 Å². The maximum atomic E-state index is 11.7.